The zero-order valence-corrected chi connectivity index (χ0v) is 9.18. The predicted octanol–water partition coefficient (Wildman–Crippen LogP) is 2.81. The second-order valence-electron chi connectivity index (χ2n) is 3.83. The molecule has 0 amide bonds. The molecule has 0 aliphatic heterocycles. The number of nitro groups is 1. The molecule has 2 rings (SSSR count). The lowest BCUT2D eigenvalue weighted by molar-refractivity contribution is -0.384. The first-order chi connectivity index (χ1) is 7.59. The van der Waals surface area contributed by atoms with Crippen molar-refractivity contribution in [1.29, 1.82) is 0 Å². The number of non-ortho nitro benzene ring substituents is 1. The maximum Gasteiger partial charge on any atom is 0.270 e. The number of nitro benzene ring substituents is 1. The van der Waals surface area contributed by atoms with Crippen LogP contribution in [0, 0.1) is 10.1 Å². The Balaban J connectivity index is 2.73. The average molecular weight is 216 g/mol. The number of hydrogen-bond donors (Lipinski definition) is 0. The topological polar surface area (TPSA) is 46.4 Å². The van der Waals surface area contributed by atoms with E-state index in [0.29, 0.717) is 0 Å². The van der Waals surface area contributed by atoms with Gasteiger partial charge in [0.2, 0.25) is 0 Å². The summed E-state index contributed by atoms with van der Waals surface area (Å²) in [6.07, 6.45) is 0. The molecule has 4 nitrogen and oxygen atoms in total. The molecule has 0 aliphatic carbocycles. The van der Waals surface area contributed by atoms with Crippen molar-refractivity contribution >= 4 is 22.1 Å². The fourth-order valence-corrected chi connectivity index (χ4v) is 1.75. The van der Waals surface area contributed by atoms with Crippen molar-refractivity contribution in [3.8, 4) is 0 Å². The van der Waals surface area contributed by atoms with Crippen LogP contribution in [-0.4, -0.2) is 19.0 Å². The SMILES string of the molecule is CN(C)c1cccc2ccc([N+](=O)[O-])cc12. The Bertz CT molecular complexity index is 550. The Morgan fingerprint density at radius 2 is 1.94 bits per heavy atom. The number of nitrogens with zero attached hydrogens (tertiary/aromatic N) is 2. The smallest absolute Gasteiger partial charge is 0.270 e. The fourth-order valence-electron chi connectivity index (χ4n) is 1.75. The highest BCUT2D eigenvalue weighted by molar-refractivity contribution is 5.95. The van der Waals surface area contributed by atoms with Gasteiger partial charge in [-0.2, -0.15) is 0 Å². The summed E-state index contributed by atoms with van der Waals surface area (Å²) in [5, 5.41) is 12.6. The third kappa shape index (κ3) is 1.69. The molecule has 0 spiro atoms. The number of benzene rings is 2. The maximum absolute atomic E-state index is 10.7. The molecule has 0 bridgehead atoms. The average Bonchev–Trinajstić information content (AvgIpc) is 2.27. The minimum Gasteiger partial charge on any atom is -0.377 e. The van der Waals surface area contributed by atoms with E-state index in [1.54, 1.807) is 12.1 Å². The summed E-state index contributed by atoms with van der Waals surface area (Å²) in [6.45, 7) is 0. The highest BCUT2D eigenvalue weighted by Crippen LogP contribution is 2.28. The van der Waals surface area contributed by atoms with E-state index in [-0.39, 0.29) is 10.6 Å². The summed E-state index contributed by atoms with van der Waals surface area (Å²) < 4.78 is 0. The molecule has 0 heterocycles. The zero-order valence-electron chi connectivity index (χ0n) is 9.18. The van der Waals surface area contributed by atoms with Crippen LogP contribution in [0.1, 0.15) is 0 Å². The van der Waals surface area contributed by atoms with E-state index < -0.39 is 0 Å². The van der Waals surface area contributed by atoms with Gasteiger partial charge in [0, 0.05) is 37.3 Å². The normalized spacial score (nSPS) is 10.4. The third-order valence-electron chi connectivity index (χ3n) is 2.54. The van der Waals surface area contributed by atoms with Crippen LogP contribution >= 0.6 is 0 Å². The van der Waals surface area contributed by atoms with Crippen LogP contribution in [0.5, 0.6) is 0 Å². The zero-order chi connectivity index (χ0) is 11.7. The standard InChI is InChI=1S/C12H12N2O2/c1-13(2)12-5-3-4-9-6-7-10(14(15)16)8-11(9)12/h3-8H,1-2H3. The summed E-state index contributed by atoms with van der Waals surface area (Å²) >= 11 is 0. The van der Waals surface area contributed by atoms with Crippen molar-refractivity contribution in [2.75, 3.05) is 19.0 Å². The Kier molecular flexibility index (Phi) is 2.48. The monoisotopic (exact) mass is 216 g/mol. The van der Waals surface area contributed by atoms with Crippen molar-refractivity contribution in [1.82, 2.24) is 0 Å². The summed E-state index contributed by atoms with van der Waals surface area (Å²) in [6, 6.07) is 10.8. The predicted molar refractivity (Wildman–Crippen MR) is 64.9 cm³/mol. The summed E-state index contributed by atoms with van der Waals surface area (Å²) in [4.78, 5) is 12.3. The van der Waals surface area contributed by atoms with Crippen LogP contribution in [0.2, 0.25) is 0 Å². The van der Waals surface area contributed by atoms with Crippen LogP contribution in [0.15, 0.2) is 36.4 Å². The number of anilines is 1. The van der Waals surface area contributed by atoms with Gasteiger partial charge in [0.15, 0.2) is 0 Å². The van der Waals surface area contributed by atoms with Gasteiger partial charge >= 0.3 is 0 Å². The summed E-state index contributed by atoms with van der Waals surface area (Å²) in [5.74, 6) is 0. The van der Waals surface area contributed by atoms with Crippen LogP contribution < -0.4 is 4.90 Å². The lowest BCUT2D eigenvalue weighted by Crippen LogP contribution is -2.08. The largest absolute Gasteiger partial charge is 0.377 e. The van der Waals surface area contributed by atoms with Crippen molar-refractivity contribution in [2.24, 2.45) is 0 Å². The van der Waals surface area contributed by atoms with Gasteiger partial charge in [-0.05, 0) is 17.5 Å². The van der Waals surface area contributed by atoms with Gasteiger partial charge < -0.3 is 4.90 Å². The van der Waals surface area contributed by atoms with E-state index in [2.05, 4.69) is 0 Å². The minimum absolute atomic E-state index is 0.127. The highest BCUT2D eigenvalue weighted by Gasteiger charge is 2.09. The first-order valence-corrected chi connectivity index (χ1v) is 4.94. The van der Waals surface area contributed by atoms with Gasteiger partial charge in [-0.15, -0.1) is 0 Å². The lowest BCUT2D eigenvalue weighted by Gasteiger charge is -2.14. The molecular weight excluding hydrogens is 204 g/mol. The van der Waals surface area contributed by atoms with Crippen molar-refractivity contribution in [3.63, 3.8) is 0 Å². The fraction of sp³-hybridized carbons (Fsp3) is 0.167. The van der Waals surface area contributed by atoms with Gasteiger partial charge in [0.1, 0.15) is 0 Å². The minimum atomic E-state index is -0.369. The number of hydrogen-bond acceptors (Lipinski definition) is 3. The molecule has 0 aliphatic rings. The molecule has 4 heteroatoms. The van der Waals surface area contributed by atoms with Crippen molar-refractivity contribution in [3.05, 3.63) is 46.5 Å². The van der Waals surface area contributed by atoms with E-state index in [1.807, 2.05) is 37.2 Å². The molecule has 2 aromatic rings. The van der Waals surface area contributed by atoms with E-state index in [1.165, 1.54) is 6.07 Å². The van der Waals surface area contributed by atoms with Gasteiger partial charge in [0.05, 0.1) is 4.92 Å². The molecule has 0 saturated carbocycles. The molecule has 0 atom stereocenters. The molecule has 0 radical (unpaired) electrons. The Morgan fingerprint density at radius 1 is 1.19 bits per heavy atom. The molecule has 0 saturated heterocycles. The quantitative estimate of drug-likeness (QED) is 0.572. The van der Waals surface area contributed by atoms with Gasteiger partial charge in [-0.25, -0.2) is 0 Å². The Morgan fingerprint density at radius 3 is 2.56 bits per heavy atom. The van der Waals surface area contributed by atoms with Gasteiger partial charge in [0.25, 0.3) is 5.69 Å². The van der Waals surface area contributed by atoms with E-state index >= 15 is 0 Å². The first-order valence-electron chi connectivity index (χ1n) is 4.94. The highest BCUT2D eigenvalue weighted by atomic mass is 16.6. The Labute approximate surface area is 93.3 Å². The molecule has 0 unspecified atom stereocenters. The van der Waals surface area contributed by atoms with E-state index in [9.17, 15) is 10.1 Å². The van der Waals surface area contributed by atoms with Crippen LogP contribution in [0.4, 0.5) is 11.4 Å². The third-order valence-corrected chi connectivity index (χ3v) is 2.54. The van der Waals surface area contributed by atoms with Crippen LogP contribution in [0.25, 0.3) is 10.8 Å². The maximum atomic E-state index is 10.7. The Hall–Kier alpha value is -2.10. The molecule has 2 aromatic carbocycles. The van der Waals surface area contributed by atoms with Crippen LogP contribution in [0.3, 0.4) is 0 Å². The van der Waals surface area contributed by atoms with Gasteiger partial charge in [-0.1, -0.05) is 12.1 Å². The van der Waals surface area contributed by atoms with Crippen molar-refractivity contribution in [2.45, 2.75) is 0 Å². The van der Waals surface area contributed by atoms with Crippen LogP contribution in [-0.2, 0) is 0 Å². The van der Waals surface area contributed by atoms with Crippen molar-refractivity contribution < 1.29 is 4.92 Å². The number of rotatable bonds is 2. The second kappa shape index (κ2) is 3.81. The second-order valence-corrected chi connectivity index (χ2v) is 3.83. The molecule has 16 heavy (non-hydrogen) atoms. The van der Waals surface area contributed by atoms with E-state index in [0.717, 1.165) is 16.5 Å². The summed E-state index contributed by atoms with van der Waals surface area (Å²) in [5.41, 5.74) is 1.11. The summed E-state index contributed by atoms with van der Waals surface area (Å²) in [7, 11) is 3.85. The van der Waals surface area contributed by atoms with E-state index in [4.69, 9.17) is 0 Å². The molecule has 0 aromatic heterocycles. The molecular formula is C12H12N2O2. The molecule has 0 fully saturated rings. The number of fused-ring (bicyclic) bond motifs is 1. The van der Waals surface area contributed by atoms with Gasteiger partial charge in [-0.3, -0.25) is 10.1 Å². The lowest BCUT2D eigenvalue weighted by atomic mass is 10.1. The first kappa shape index (κ1) is 10.4. The molecule has 0 N–H and O–H groups in total. The molecule has 82 valence electrons.